The number of aryl methyl sites for hydroxylation is 1. The number of hydrogen-bond acceptors (Lipinski definition) is 4. The Morgan fingerprint density at radius 1 is 1.58 bits per heavy atom. The highest BCUT2D eigenvalue weighted by Crippen LogP contribution is 2.11. The maximum atomic E-state index is 11.2. The number of Topliss-reactive ketones (excluding diaryl/α,β-unsaturated/α-hetero) is 1. The number of rotatable bonds is 2. The zero-order chi connectivity index (χ0) is 9.14. The Balaban J connectivity index is 2.93. The highest BCUT2D eigenvalue weighted by Gasteiger charge is 2.18. The number of carbonyl (C=O) groups excluding carboxylic acids is 2. The van der Waals surface area contributed by atoms with Crippen molar-refractivity contribution in [2.75, 3.05) is 7.05 Å². The zero-order valence-electron chi connectivity index (χ0n) is 6.67. The molecule has 0 bridgehead atoms. The molecule has 0 fully saturated rings. The molecule has 0 saturated carbocycles. The molecule has 1 aromatic heterocycles. The van der Waals surface area contributed by atoms with Crippen molar-refractivity contribution in [2.45, 2.75) is 6.92 Å². The fourth-order valence-corrected chi connectivity index (χ4v) is 1.34. The summed E-state index contributed by atoms with van der Waals surface area (Å²) in [6.45, 7) is 1.67. The summed E-state index contributed by atoms with van der Waals surface area (Å²) in [7, 11) is 1.42. The van der Waals surface area contributed by atoms with Crippen LogP contribution in [0.25, 0.3) is 0 Å². The minimum absolute atomic E-state index is 0.356. The van der Waals surface area contributed by atoms with E-state index in [2.05, 4.69) is 15.8 Å². The van der Waals surface area contributed by atoms with Crippen molar-refractivity contribution < 1.29 is 9.59 Å². The minimum atomic E-state index is -0.615. The molecule has 4 nitrogen and oxygen atoms in total. The minimum Gasteiger partial charge on any atom is -0.352 e. The predicted molar refractivity (Wildman–Crippen MR) is 44.1 cm³/mol. The summed E-state index contributed by atoms with van der Waals surface area (Å²) in [6.07, 6.45) is 0. The van der Waals surface area contributed by atoms with Gasteiger partial charge in [0.05, 0.1) is 5.69 Å². The van der Waals surface area contributed by atoms with Crippen LogP contribution < -0.4 is 5.32 Å². The quantitative estimate of drug-likeness (QED) is 0.525. The second kappa shape index (κ2) is 3.44. The molecule has 0 spiro atoms. The van der Waals surface area contributed by atoms with Gasteiger partial charge in [-0.15, -0.1) is 11.3 Å². The molecule has 0 saturated heterocycles. The number of hydrogen-bond donors (Lipinski definition) is 1. The molecule has 1 aromatic rings. The van der Waals surface area contributed by atoms with Gasteiger partial charge >= 0.3 is 0 Å². The van der Waals surface area contributed by atoms with Gasteiger partial charge in [-0.2, -0.15) is 0 Å². The third-order valence-corrected chi connectivity index (χ3v) is 2.20. The number of thiazole rings is 1. The maximum Gasteiger partial charge on any atom is 0.293 e. The lowest BCUT2D eigenvalue weighted by molar-refractivity contribution is -0.116. The van der Waals surface area contributed by atoms with Crippen molar-refractivity contribution >= 4 is 23.0 Å². The molecule has 12 heavy (non-hydrogen) atoms. The first-order valence-electron chi connectivity index (χ1n) is 3.26. The van der Waals surface area contributed by atoms with Crippen molar-refractivity contribution in [3.8, 4) is 0 Å². The van der Waals surface area contributed by atoms with Crippen LogP contribution in [-0.4, -0.2) is 23.7 Å². The molecule has 63 valence electrons. The van der Waals surface area contributed by atoms with Crippen LogP contribution in [0, 0.1) is 12.4 Å². The zero-order valence-corrected chi connectivity index (χ0v) is 7.49. The van der Waals surface area contributed by atoms with Gasteiger partial charge in [-0.25, -0.2) is 4.98 Å². The van der Waals surface area contributed by atoms with Crippen LogP contribution in [0.2, 0.25) is 0 Å². The van der Waals surface area contributed by atoms with Crippen LogP contribution in [0.15, 0.2) is 0 Å². The Labute approximate surface area is 73.6 Å². The van der Waals surface area contributed by atoms with E-state index in [1.54, 1.807) is 6.92 Å². The summed E-state index contributed by atoms with van der Waals surface area (Å²) < 4.78 is 0. The first kappa shape index (κ1) is 8.86. The van der Waals surface area contributed by atoms with Gasteiger partial charge in [-0.3, -0.25) is 9.59 Å². The van der Waals surface area contributed by atoms with Gasteiger partial charge in [-0.05, 0) is 6.92 Å². The topological polar surface area (TPSA) is 59.1 Å². The van der Waals surface area contributed by atoms with Crippen LogP contribution in [-0.2, 0) is 4.79 Å². The lowest BCUT2D eigenvalue weighted by Crippen LogP contribution is -2.27. The van der Waals surface area contributed by atoms with Gasteiger partial charge in [-0.1, -0.05) is 0 Å². The van der Waals surface area contributed by atoms with E-state index in [-0.39, 0.29) is 0 Å². The van der Waals surface area contributed by atoms with Crippen molar-refractivity contribution in [3.05, 3.63) is 16.1 Å². The monoisotopic (exact) mass is 183 g/mol. The molecule has 0 aromatic carbocycles. The van der Waals surface area contributed by atoms with Crippen molar-refractivity contribution in [1.29, 1.82) is 0 Å². The summed E-state index contributed by atoms with van der Waals surface area (Å²) in [5, 5.41) is 2.26. The molecule has 1 rings (SSSR count). The molecule has 0 atom stereocenters. The Hall–Kier alpha value is -1.23. The molecule has 0 aliphatic rings. The van der Waals surface area contributed by atoms with Crippen molar-refractivity contribution in [3.63, 3.8) is 0 Å². The van der Waals surface area contributed by atoms with Gasteiger partial charge in [0.15, 0.2) is 5.51 Å². The highest BCUT2D eigenvalue weighted by atomic mass is 32.1. The SMILES string of the molecule is CNC(=O)C(=O)c1s[c]nc1C. The van der Waals surface area contributed by atoms with E-state index in [1.807, 2.05) is 0 Å². The number of nitrogens with one attached hydrogen (secondary N) is 1. The second-order valence-electron chi connectivity index (χ2n) is 2.13. The molecule has 0 aliphatic heterocycles. The molecule has 0 unspecified atom stereocenters. The highest BCUT2D eigenvalue weighted by molar-refractivity contribution is 7.12. The number of nitrogens with zero attached hydrogens (tertiary/aromatic N) is 1. The van der Waals surface area contributed by atoms with Gasteiger partial charge < -0.3 is 5.32 Å². The molecule has 5 heteroatoms. The summed E-state index contributed by atoms with van der Waals surface area (Å²) in [4.78, 5) is 26.2. The second-order valence-corrected chi connectivity index (χ2v) is 2.92. The van der Waals surface area contributed by atoms with E-state index in [9.17, 15) is 9.59 Å². The summed E-state index contributed by atoms with van der Waals surface area (Å²) in [6, 6.07) is 0. The van der Waals surface area contributed by atoms with Crippen LogP contribution in [0.3, 0.4) is 0 Å². The third kappa shape index (κ3) is 1.50. The number of ketones is 1. The number of likely N-dealkylation sites (N-methyl/N-ethyl adjacent to an activating group) is 1. The Bertz CT molecular complexity index is 319. The molecular formula is C7H7N2O2S. The van der Waals surface area contributed by atoms with Gasteiger partial charge in [0.2, 0.25) is 0 Å². The van der Waals surface area contributed by atoms with Crippen LogP contribution in [0.4, 0.5) is 0 Å². The summed E-state index contributed by atoms with van der Waals surface area (Å²) in [5.41, 5.74) is 3.10. The Kier molecular flexibility index (Phi) is 2.54. The summed E-state index contributed by atoms with van der Waals surface area (Å²) >= 11 is 1.05. The molecular weight excluding hydrogens is 176 g/mol. The van der Waals surface area contributed by atoms with Gasteiger partial charge in [0.25, 0.3) is 11.7 Å². The third-order valence-electron chi connectivity index (χ3n) is 1.33. The van der Waals surface area contributed by atoms with Crippen molar-refractivity contribution in [2.24, 2.45) is 0 Å². The average Bonchev–Trinajstić information content (AvgIpc) is 2.48. The molecule has 1 heterocycles. The lowest BCUT2D eigenvalue weighted by Gasteiger charge is -1.95. The van der Waals surface area contributed by atoms with E-state index < -0.39 is 11.7 Å². The molecule has 0 aliphatic carbocycles. The normalized spacial score (nSPS) is 9.50. The smallest absolute Gasteiger partial charge is 0.293 e. The van der Waals surface area contributed by atoms with E-state index in [1.165, 1.54) is 7.05 Å². The van der Waals surface area contributed by atoms with Gasteiger partial charge in [0.1, 0.15) is 4.88 Å². The largest absolute Gasteiger partial charge is 0.352 e. The van der Waals surface area contributed by atoms with E-state index in [0.717, 1.165) is 11.3 Å². The average molecular weight is 183 g/mol. The lowest BCUT2D eigenvalue weighted by atomic mass is 10.3. The first-order chi connectivity index (χ1) is 5.66. The van der Waals surface area contributed by atoms with Crippen molar-refractivity contribution in [1.82, 2.24) is 10.3 Å². The number of amides is 1. The van der Waals surface area contributed by atoms with E-state index in [4.69, 9.17) is 0 Å². The Morgan fingerprint density at radius 2 is 2.25 bits per heavy atom. The first-order valence-corrected chi connectivity index (χ1v) is 4.08. The molecule has 1 amide bonds. The number of aromatic nitrogens is 1. The fraction of sp³-hybridized carbons (Fsp3) is 0.286. The standard InChI is InChI=1S/C7H7N2O2S/c1-4-6(12-3-9-4)5(10)7(11)8-2/h1-2H3,(H,8,11). The Morgan fingerprint density at radius 3 is 2.67 bits per heavy atom. The maximum absolute atomic E-state index is 11.2. The number of carbonyl (C=O) groups is 2. The molecule has 1 N–H and O–H groups in total. The fourth-order valence-electron chi connectivity index (χ4n) is 0.689. The van der Waals surface area contributed by atoms with Gasteiger partial charge in [0, 0.05) is 7.05 Å². The predicted octanol–water partition coefficient (Wildman–Crippen LogP) is 0.180. The summed E-state index contributed by atoms with van der Waals surface area (Å²) in [5.74, 6) is -1.16. The van der Waals surface area contributed by atoms with Crippen LogP contribution in [0.5, 0.6) is 0 Å². The molecule has 1 radical (unpaired) electrons. The van der Waals surface area contributed by atoms with E-state index >= 15 is 0 Å². The van der Waals surface area contributed by atoms with Crippen LogP contribution in [0.1, 0.15) is 15.4 Å². The van der Waals surface area contributed by atoms with E-state index in [0.29, 0.717) is 10.6 Å². The van der Waals surface area contributed by atoms with Crippen LogP contribution >= 0.6 is 11.3 Å².